The van der Waals surface area contributed by atoms with E-state index in [9.17, 15) is 4.79 Å². The summed E-state index contributed by atoms with van der Waals surface area (Å²) in [6, 6.07) is 5.72. The minimum Gasteiger partial charge on any atom is -0.479 e. The molecule has 0 radical (unpaired) electrons. The first-order valence-corrected chi connectivity index (χ1v) is 13.6. The fourth-order valence-corrected chi connectivity index (χ4v) is 4.70. The minimum absolute atomic E-state index is 0.251. The molecule has 0 fully saturated rings. The van der Waals surface area contributed by atoms with Gasteiger partial charge in [0, 0.05) is 44.0 Å². The second-order valence-corrected chi connectivity index (χ2v) is 11.5. The zero-order chi connectivity index (χ0) is 30.1. The average Bonchev–Trinajstić information content (AvgIpc) is 3.16. The number of likely N-dealkylation sites (N-methyl/N-ethyl adjacent to an activating group) is 2. The van der Waals surface area contributed by atoms with Crippen LogP contribution in [0.5, 0.6) is 5.88 Å². The van der Waals surface area contributed by atoms with Gasteiger partial charge in [-0.05, 0) is 53.1 Å². The van der Waals surface area contributed by atoms with Crippen LogP contribution in [0.1, 0.15) is 49.4 Å². The number of carbonyl (C=O) groups excluding carboxylic acids is 1. The van der Waals surface area contributed by atoms with E-state index >= 15 is 0 Å². The summed E-state index contributed by atoms with van der Waals surface area (Å²) in [5.74, 6) is 1.13. The highest BCUT2D eigenvalue weighted by molar-refractivity contribution is 5.96. The Morgan fingerprint density at radius 3 is 2.56 bits per heavy atom. The molecular formula is C29H41N9O3. The maximum atomic E-state index is 13.2. The summed E-state index contributed by atoms with van der Waals surface area (Å²) in [6.07, 6.45) is 1.18. The molecule has 12 nitrogen and oxygen atoms in total. The van der Waals surface area contributed by atoms with E-state index in [1.165, 1.54) is 6.20 Å². The molecule has 3 N–H and O–H groups in total. The predicted molar refractivity (Wildman–Crippen MR) is 162 cm³/mol. The second-order valence-electron chi connectivity index (χ2n) is 11.5. The molecule has 0 spiro atoms. The van der Waals surface area contributed by atoms with Gasteiger partial charge >= 0.3 is 5.97 Å². The number of nitrogen functional groups attached to an aromatic ring is 1. The average molecular weight is 564 g/mol. The zero-order valence-corrected chi connectivity index (χ0v) is 25.4. The Labute approximate surface area is 241 Å². The van der Waals surface area contributed by atoms with Gasteiger partial charge in [0.1, 0.15) is 11.3 Å². The number of ether oxygens (including phenoxy) is 2. The van der Waals surface area contributed by atoms with Crippen LogP contribution in [0.15, 0.2) is 24.4 Å². The number of carbonyl (C=O) groups is 1. The van der Waals surface area contributed by atoms with Crippen molar-refractivity contribution in [3.8, 4) is 5.88 Å². The molecule has 0 aromatic carbocycles. The van der Waals surface area contributed by atoms with Crippen LogP contribution in [0.25, 0.3) is 0 Å². The summed E-state index contributed by atoms with van der Waals surface area (Å²) >= 11 is 0. The van der Waals surface area contributed by atoms with Gasteiger partial charge in [0.2, 0.25) is 11.8 Å². The Morgan fingerprint density at radius 1 is 1.17 bits per heavy atom. The molecule has 3 aromatic rings. The molecule has 4 rings (SSSR count). The molecule has 0 aliphatic carbocycles. The summed E-state index contributed by atoms with van der Waals surface area (Å²) in [5, 5.41) is 3.19. The highest BCUT2D eigenvalue weighted by Crippen LogP contribution is 2.44. The SMILES string of the molecule is COc1nc(N(C)CCN(C)C)c(N)cc1Nc1ncc(C(=O)OC(C)C)c(N2CC(C)(C)c3nc(C)ccc32)n1. The van der Waals surface area contributed by atoms with E-state index in [2.05, 4.69) is 34.0 Å². The van der Waals surface area contributed by atoms with Gasteiger partial charge in [-0.15, -0.1) is 0 Å². The lowest BCUT2D eigenvalue weighted by atomic mass is 9.91. The normalized spacial score (nSPS) is 13.9. The van der Waals surface area contributed by atoms with Crippen LogP contribution in [-0.2, 0) is 10.2 Å². The Kier molecular flexibility index (Phi) is 8.52. The van der Waals surface area contributed by atoms with Gasteiger partial charge in [-0.3, -0.25) is 4.98 Å². The van der Waals surface area contributed by atoms with Crippen LogP contribution in [-0.4, -0.2) is 84.8 Å². The molecule has 0 atom stereocenters. The third-order valence-corrected chi connectivity index (χ3v) is 6.77. The molecule has 1 aliphatic heterocycles. The number of fused-ring (bicyclic) bond motifs is 1. The molecule has 4 heterocycles. The Balaban J connectivity index is 1.74. The quantitative estimate of drug-likeness (QED) is 0.346. The summed E-state index contributed by atoms with van der Waals surface area (Å²) in [6.45, 7) is 12.0. The molecule has 41 heavy (non-hydrogen) atoms. The van der Waals surface area contributed by atoms with E-state index in [0.717, 1.165) is 30.2 Å². The fraction of sp³-hybridized carbons (Fsp3) is 0.483. The molecule has 0 amide bonds. The largest absolute Gasteiger partial charge is 0.479 e. The monoisotopic (exact) mass is 563 g/mol. The van der Waals surface area contributed by atoms with Crippen LogP contribution < -0.4 is 25.6 Å². The first-order valence-electron chi connectivity index (χ1n) is 13.6. The molecule has 0 saturated heterocycles. The van der Waals surface area contributed by atoms with E-state index in [1.54, 1.807) is 27.0 Å². The fourth-order valence-electron chi connectivity index (χ4n) is 4.70. The highest BCUT2D eigenvalue weighted by Gasteiger charge is 2.39. The van der Waals surface area contributed by atoms with Crippen molar-refractivity contribution in [2.75, 3.05) is 68.7 Å². The maximum Gasteiger partial charge on any atom is 0.343 e. The number of pyridine rings is 2. The number of anilines is 6. The number of aryl methyl sites for hydroxylation is 1. The van der Waals surface area contributed by atoms with Gasteiger partial charge in [-0.1, -0.05) is 13.8 Å². The van der Waals surface area contributed by atoms with Gasteiger partial charge in [0.05, 0.1) is 30.3 Å². The van der Waals surface area contributed by atoms with Gasteiger partial charge in [-0.2, -0.15) is 9.97 Å². The molecule has 0 saturated carbocycles. The van der Waals surface area contributed by atoms with Crippen molar-refractivity contribution in [3.63, 3.8) is 0 Å². The van der Waals surface area contributed by atoms with Crippen molar-refractivity contribution in [2.45, 2.75) is 46.1 Å². The van der Waals surface area contributed by atoms with Crippen LogP contribution in [0, 0.1) is 6.92 Å². The first-order chi connectivity index (χ1) is 19.3. The van der Waals surface area contributed by atoms with E-state index < -0.39 is 5.97 Å². The van der Waals surface area contributed by atoms with Crippen molar-refractivity contribution in [3.05, 3.63) is 41.3 Å². The third-order valence-electron chi connectivity index (χ3n) is 6.77. The predicted octanol–water partition coefficient (Wildman–Crippen LogP) is 3.90. The van der Waals surface area contributed by atoms with Crippen molar-refractivity contribution in [1.29, 1.82) is 0 Å². The minimum atomic E-state index is -0.499. The van der Waals surface area contributed by atoms with Gasteiger partial charge in [-0.25, -0.2) is 9.78 Å². The topological polar surface area (TPSA) is 135 Å². The van der Waals surface area contributed by atoms with Gasteiger partial charge in [0.15, 0.2) is 11.6 Å². The number of nitrogens with zero attached hydrogens (tertiary/aromatic N) is 7. The lowest BCUT2D eigenvalue weighted by Crippen LogP contribution is -2.29. The van der Waals surface area contributed by atoms with Gasteiger partial charge < -0.3 is 35.2 Å². The number of nitrogens with one attached hydrogen (secondary N) is 1. The summed E-state index contributed by atoms with van der Waals surface area (Å²) in [7, 11) is 7.51. The standard InChI is InChI=1S/C29H41N9O3/c1-17(2)41-27(39)19-15-31-28(35-24(19)38-16-29(4,5)23-22(38)11-10-18(3)32-23)33-21-14-20(30)25(34-26(21)40-9)37(8)13-12-36(6)7/h10-11,14-15,17H,12-13,16,30H2,1-9H3,(H,31,33,35). The molecule has 3 aromatic heterocycles. The van der Waals surface area contributed by atoms with Crippen LogP contribution >= 0.6 is 0 Å². The van der Waals surface area contributed by atoms with Crippen molar-refractivity contribution >= 4 is 40.6 Å². The smallest absolute Gasteiger partial charge is 0.343 e. The van der Waals surface area contributed by atoms with E-state index in [0.29, 0.717) is 35.4 Å². The second kappa shape index (κ2) is 11.7. The van der Waals surface area contributed by atoms with Crippen LogP contribution in [0.2, 0.25) is 0 Å². The van der Waals surface area contributed by atoms with Gasteiger partial charge in [0.25, 0.3) is 0 Å². The number of rotatable bonds is 10. The number of methoxy groups -OCH3 is 1. The number of aromatic nitrogens is 4. The van der Waals surface area contributed by atoms with E-state index in [1.807, 2.05) is 50.0 Å². The van der Waals surface area contributed by atoms with Crippen molar-refractivity contribution < 1.29 is 14.3 Å². The third kappa shape index (κ3) is 6.43. The van der Waals surface area contributed by atoms with E-state index in [-0.39, 0.29) is 23.0 Å². The number of nitrogens with two attached hydrogens (primary N) is 1. The summed E-state index contributed by atoms with van der Waals surface area (Å²) in [4.78, 5) is 37.9. The number of hydrogen-bond donors (Lipinski definition) is 2. The summed E-state index contributed by atoms with van der Waals surface area (Å²) in [5.41, 5.74) is 10.1. The molecule has 220 valence electrons. The Morgan fingerprint density at radius 2 is 1.90 bits per heavy atom. The van der Waals surface area contributed by atoms with Crippen LogP contribution in [0.3, 0.4) is 0 Å². The lowest BCUT2D eigenvalue weighted by Gasteiger charge is -2.24. The maximum absolute atomic E-state index is 13.2. The summed E-state index contributed by atoms with van der Waals surface area (Å²) < 4.78 is 11.1. The Hall–Kier alpha value is -4.19. The van der Waals surface area contributed by atoms with Crippen molar-refractivity contribution in [1.82, 2.24) is 24.8 Å². The molecular weight excluding hydrogens is 522 g/mol. The highest BCUT2D eigenvalue weighted by atomic mass is 16.5. The molecule has 0 bridgehead atoms. The van der Waals surface area contributed by atoms with Crippen molar-refractivity contribution in [2.24, 2.45) is 0 Å². The number of hydrogen-bond acceptors (Lipinski definition) is 12. The number of esters is 1. The molecule has 12 heteroatoms. The zero-order valence-electron chi connectivity index (χ0n) is 25.4. The molecule has 1 aliphatic rings. The van der Waals surface area contributed by atoms with Crippen LogP contribution in [0.4, 0.5) is 34.6 Å². The van der Waals surface area contributed by atoms with E-state index in [4.69, 9.17) is 25.2 Å². The molecule has 0 unspecified atom stereocenters. The lowest BCUT2D eigenvalue weighted by molar-refractivity contribution is 0.0378. The Bertz CT molecular complexity index is 1420. The first kappa shape index (κ1) is 29.8.